The minimum absolute atomic E-state index is 0. The molecule has 0 fully saturated rings. The summed E-state index contributed by atoms with van der Waals surface area (Å²) in [5, 5.41) is 25.7. The number of carbonyl (C=O) groups excluding carboxylic acids is 4. The monoisotopic (exact) mass is 733 g/mol. The molecule has 2 amide bonds. The highest BCUT2D eigenvalue weighted by Crippen LogP contribution is 2.53. The summed E-state index contributed by atoms with van der Waals surface area (Å²) in [6.45, 7) is 3.51. The second-order valence-corrected chi connectivity index (χ2v) is 15.5. The zero-order valence-electron chi connectivity index (χ0n) is 27.3. The van der Waals surface area contributed by atoms with Crippen LogP contribution < -0.4 is 16.8 Å². The number of ketones is 1. The number of aliphatic hydroxyl groups excluding tert-OH is 1. The Morgan fingerprint density at radius 2 is 1.73 bits per heavy atom. The quantitative estimate of drug-likeness (QED) is 0.150. The number of amides is 2. The Morgan fingerprint density at radius 1 is 1.06 bits per heavy atom. The van der Waals surface area contributed by atoms with Crippen LogP contribution in [0.5, 0.6) is 5.75 Å². The number of hydrogen-bond donors (Lipinski definition) is 6. The molecule has 2 aliphatic rings. The van der Waals surface area contributed by atoms with Crippen LogP contribution in [0.25, 0.3) is 0 Å². The number of aromatic hydroxyl groups is 1. The van der Waals surface area contributed by atoms with Crippen LogP contribution in [0, 0.1) is 5.41 Å². The van der Waals surface area contributed by atoms with E-state index in [0.717, 1.165) is 36.4 Å². The highest BCUT2D eigenvalue weighted by Gasteiger charge is 2.52. The van der Waals surface area contributed by atoms with E-state index in [-0.39, 0.29) is 28.6 Å². The molecular weight excluding hydrogens is 691 g/mol. The Bertz CT molecular complexity index is 1680. The average Bonchev–Trinajstić information content (AvgIpc) is 3.14. The molecule has 2 aromatic rings. The maximum atomic E-state index is 14.2. The summed E-state index contributed by atoms with van der Waals surface area (Å²) in [6.07, 6.45) is 4.67. The lowest BCUT2D eigenvalue weighted by molar-refractivity contribution is -0.129. The molecule has 5 atom stereocenters. The van der Waals surface area contributed by atoms with Crippen LogP contribution in [0.2, 0.25) is 0 Å². The van der Waals surface area contributed by atoms with Gasteiger partial charge in [-0.1, -0.05) is 93.1 Å². The fraction of sp³-hybridized carbons (Fsp3) is 0.412. The van der Waals surface area contributed by atoms with Gasteiger partial charge >= 0.3 is 0 Å². The smallest absolute Gasteiger partial charge is 0.266 e. The van der Waals surface area contributed by atoms with Gasteiger partial charge in [-0.25, -0.2) is 0 Å². The number of rotatable bonds is 14. The summed E-state index contributed by atoms with van der Waals surface area (Å²) >= 11 is 2.02. The van der Waals surface area contributed by atoms with E-state index in [1.807, 2.05) is 44.2 Å². The summed E-state index contributed by atoms with van der Waals surface area (Å²) in [5.74, 6) is -3.46. The van der Waals surface area contributed by atoms with Gasteiger partial charge in [0, 0.05) is 22.9 Å². The van der Waals surface area contributed by atoms with Crippen molar-refractivity contribution >= 4 is 56.4 Å². The number of allylic oxidation sites excluding steroid dienone is 1. The van der Waals surface area contributed by atoms with E-state index in [2.05, 4.69) is 10.6 Å². The zero-order valence-corrected chi connectivity index (χ0v) is 29.8. The van der Waals surface area contributed by atoms with Crippen LogP contribution >= 0.6 is 23.5 Å². The topological polar surface area (TPSA) is 222 Å². The van der Waals surface area contributed by atoms with Crippen LogP contribution in [-0.2, 0) is 29.3 Å². The SMILES string of the molecule is CCCCC1(CC)C(=O)SC2=C(C(=O)C(SCC(=O)N[C@@H](C(=O)NCCS(=O)(=O)O)c3ccc(O)cc3)C=C2)C(c2ccccc2)C1O.N. The first-order chi connectivity index (χ1) is 22.8. The summed E-state index contributed by atoms with van der Waals surface area (Å²) in [6, 6.07) is 13.4. The van der Waals surface area contributed by atoms with Gasteiger partial charge < -0.3 is 27.0 Å². The molecule has 2 aromatic carbocycles. The Kier molecular flexibility index (Phi) is 14.2. The molecule has 49 heavy (non-hydrogen) atoms. The number of Topliss-reactive ketones (excluding diaryl/α,β-unsaturated/α-hetero) is 1. The summed E-state index contributed by atoms with van der Waals surface area (Å²) in [7, 11) is -4.33. The first-order valence-electron chi connectivity index (χ1n) is 15.7. The number of thioether (sulfide) groups is 2. The van der Waals surface area contributed by atoms with E-state index in [0.29, 0.717) is 34.4 Å². The molecule has 8 N–H and O–H groups in total. The molecule has 266 valence electrons. The number of nitrogens with one attached hydrogen (secondary N) is 2. The van der Waals surface area contributed by atoms with E-state index in [9.17, 15) is 37.8 Å². The molecule has 0 saturated heterocycles. The Balaban J connectivity index is 0.00000650. The molecule has 4 unspecified atom stereocenters. The van der Waals surface area contributed by atoms with Crippen LogP contribution in [-0.4, -0.2) is 75.3 Å². The van der Waals surface area contributed by atoms with Crippen LogP contribution in [0.1, 0.15) is 62.6 Å². The second kappa shape index (κ2) is 17.5. The predicted octanol–water partition coefficient (Wildman–Crippen LogP) is 4.22. The van der Waals surface area contributed by atoms with Gasteiger partial charge in [-0.2, -0.15) is 8.42 Å². The molecule has 1 aliphatic heterocycles. The molecule has 0 bridgehead atoms. The molecule has 0 spiro atoms. The van der Waals surface area contributed by atoms with Gasteiger partial charge in [0.1, 0.15) is 11.8 Å². The number of phenols is 1. The third-order valence-electron chi connectivity index (χ3n) is 8.63. The average molecular weight is 734 g/mol. The molecule has 0 saturated carbocycles. The van der Waals surface area contributed by atoms with Crippen molar-refractivity contribution < 1.29 is 42.4 Å². The Morgan fingerprint density at radius 3 is 2.35 bits per heavy atom. The summed E-state index contributed by atoms with van der Waals surface area (Å²) in [4.78, 5) is 54.7. The van der Waals surface area contributed by atoms with Crippen molar-refractivity contribution in [2.75, 3.05) is 18.1 Å². The van der Waals surface area contributed by atoms with E-state index in [1.165, 1.54) is 24.3 Å². The van der Waals surface area contributed by atoms with Crippen molar-refractivity contribution in [3.63, 3.8) is 0 Å². The molecule has 0 radical (unpaired) electrons. The van der Waals surface area contributed by atoms with Gasteiger partial charge in [-0.05, 0) is 36.1 Å². The fourth-order valence-corrected chi connectivity index (χ4v) is 8.47. The van der Waals surface area contributed by atoms with Gasteiger partial charge in [-0.15, -0.1) is 11.8 Å². The molecule has 4 rings (SSSR count). The van der Waals surface area contributed by atoms with E-state index < -0.39 is 63.0 Å². The lowest BCUT2D eigenvalue weighted by atomic mass is 9.67. The van der Waals surface area contributed by atoms with Crippen molar-refractivity contribution in [3.05, 3.63) is 88.4 Å². The molecule has 1 aliphatic carbocycles. The number of aliphatic hydroxyl groups is 1. The van der Waals surface area contributed by atoms with E-state index in [1.54, 1.807) is 12.2 Å². The molecule has 15 heteroatoms. The maximum absolute atomic E-state index is 14.2. The molecule has 1 heterocycles. The number of phenolic OH excluding ortho intramolecular Hbond substituents is 1. The van der Waals surface area contributed by atoms with Gasteiger partial charge in [-0.3, -0.25) is 23.7 Å². The standard InChI is InChI=1S/C34H40N2O9S3.H3N/c1-3-5-17-34(4-2)31(40)27(21-9-7-6-8-10-21)28-24(47-33(34)42)15-16-25(30(28)39)46-20-26(38)36-29(22-11-13-23(37)14-12-22)32(41)35-18-19-48(43,44)45;/h6-16,25,27,29,31,37,40H,3-5,17-20H2,1-2H3,(H,35,41)(H,36,38)(H,43,44,45);1H3/t25?,27?,29-,31?,34?;/m1./s1. The van der Waals surface area contributed by atoms with Crippen molar-refractivity contribution in [3.8, 4) is 5.75 Å². The Labute approximate surface area is 294 Å². The zero-order chi connectivity index (χ0) is 35.1. The van der Waals surface area contributed by atoms with Gasteiger partial charge in [0.25, 0.3) is 10.1 Å². The first-order valence-corrected chi connectivity index (χ1v) is 19.1. The van der Waals surface area contributed by atoms with Gasteiger partial charge in [0.2, 0.25) is 16.9 Å². The lowest BCUT2D eigenvalue weighted by Crippen LogP contribution is -2.44. The normalized spacial score (nSPS) is 22.8. The fourth-order valence-electron chi connectivity index (χ4n) is 5.97. The first kappa shape index (κ1) is 40.0. The highest BCUT2D eigenvalue weighted by molar-refractivity contribution is 8.17. The van der Waals surface area contributed by atoms with Crippen LogP contribution in [0.4, 0.5) is 0 Å². The maximum Gasteiger partial charge on any atom is 0.266 e. The third-order valence-corrected chi connectivity index (χ3v) is 11.7. The largest absolute Gasteiger partial charge is 0.508 e. The van der Waals surface area contributed by atoms with Gasteiger partial charge in [0.05, 0.1) is 28.3 Å². The van der Waals surface area contributed by atoms with Crippen molar-refractivity contribution in [2.45, 2.75) is 62.8 Å². The van der Waals surface area contributed by atoms with Crippen molar-refractivity contribution in [1.29, 1.82) is 0 Å². The minimum atomic E-state index is -4.33. The van der Waals surface area contributed by atoms with Gasteiger partial charge in [0.15, 0.2) is 5.78 Å². The summed E-state index contributed by atoms with van der Waals surface area (Å²) < 4.78 is 31.2. The van der Waals surface area contributed by atoms with Crippen molar-refractivity contribution in [1.82, 2.24) is 16.8 Å². The number of hydrogen-bond acceptors (Lipinski definition) is 11. The lowest BCUT2D eigenvalue weighted by Gasteiger charge is -2.39. The molecular formula is C34H43N3O9S3. The highest BCUT2D eigenvalue weighted by atomic mass is 32.2. The van der Waals surface area contributed by atoms with Crippen LogP contribution in [0.15, 0.2) is 77.2 Å². The Hall–Kier alpha value is -3.47. The number of unbranched alkanes of at least 4 members (excludes halogenated alkanes) is 1. The third kappa shape index (κ3) is 9.61. The predicted molar refractivity (Wildman–Crippen MR) is 191 cm³/mol. The van der Waals surface area contributed by atoms with Crippen LogP contribution in [0.3, 0.4) is 0 Å². The van der Waals surface area contributed by atoms with Crippen molar-refractivity contribution in [2.24, 2.45) is 5.41 Å². The summed E-state index contributed by atoms with van der Waals surface area (Å²) in [5.41, 5.74) is 0.296. The van der Waals surface area contributed by atoms with E-state index >= 15 is 0 Å². The second-order valence-electron chi connectivity index (χ2n) is 11.7. The number of carbonyl (C=O) groups is 4. The molecule has 0 aromatic heterocycles. The molecule has 12 nitrogen and oxygen atoms in total. The van der Waals surface area contributed by atoms with E-state index in [4.69, 9.17) is 4.55 Å². The minimum Gasteiger partial charge on any atom is -0.508 e. The number of benzene rings is 2.